The smallest absolute Gasteiger partial charge is 0.422 e. The highest BCUT2D eigenvalue weighted by molar-refractivity contribution is 5.73. The summed E-state index contributed by atoms with van der Waals surface area (Å²) in [4.78, 5) is 12.9. The van der Waals surface area contributed by atoms with Crippen LogP contribution in [0.3, 0.4) is 0 Å². The molecule has 0 amide bonds. The van der Waals surface area contributed by atoms with Gasteiger partial charge in [0.05, 0.1) is 0 Å². The standard InChI is InChI=1S/C14H16F3NO3/c15-14(16,17)9-21-12-6-2-1-4-10(12)8-18-7-3-5-11(18)13(19)20/h1-2,4,6,11H,3,5,7-9H2,(H,19,20)/t11-/m1/s1. The third-order valence-corrected chi connectivity index (χ3v) is 3.39. The Bertz CT molecular complexity index is 504. The van der Waals surface area contributed by atoms with E-state index in [1.165, 1.54) is 6.07 Å². The van der Waals surface area contributed by atoms with E-state index in [0.717, 1.165) is 6.42 Å². The summed E-state index contributed by atoms with van der Waals surface area (Å²) in [5, 5.41) is 9.12. The van der Waals surface area contributed by atoms with Crippen LogP contribution in [-0.4, -0.2) is 41.3 Å². The van der Waals surface area contributed by atoms with Crippen LogP contribution in [0.4, 0.5) is 13.2 Å². The molecule has 0 saturated carbocycles. The maximum atomic E-state index is 12.2. The summed E-state index contributed by atoms with van der Waals surface area (Å²) in [6, 6.07) is 5.83. The topological polar surface area (TPSA) is 49.8 Å². The Hall–Kier alpha value is -1.76. The van der Waals surface area contributed by atoms with Gasteiger partial charge in [0.1, 0.15) is 11.8 Å². The lowest BCUT2D eigenvalue weighted by Crippen LogP contribution is -2.35. The number of carboxylic acid groups (broad SMARTS) is 1. The minimum Gasteiger partial charge on any atom is -0.484 e. The number of likely N-dealkylation sites (tertiary alicyclic amines) is 1. The maximum Gasteiger partial charge on any atom is 0.422 e. The van der Waals surface area contributed by atoms with Crippen LogP contribution in [0.5, 0.6) is 5.75 Å². The highest BCUT2D eigenvalue weighted by atomic mass is 19.4. The van der Waals surface area contributed by atoms with E-state index < -0.39 is 24.8 Å². The van der Waals surface area contributed by atoms with Crippen molar-refractivity contribution < 1.29 is 27.8 Å². The van der Waals surface area contributed by atoms with E-state index in [0.29, 0.717) is 18.5 Å². The molecule has 0 aliphatic carbocycles. The van der Waals surface area contributed by atoms with Gasteiger partial charge in [0, 0.05) is 12.1 Å². The number of carboxylic acids is 1. The lowest BCUT2D eigenvalue weighted by Gasteiger charge is -2.22. The van der Waals surface area contributed by atoms with Crippen molar-refractivity contribution in [2.45, 2.75) is 31.6 Å². The van der Waals surface area contributed by atoms with Gasteiger partial charge in [-0.1, -0.05) is 18.2 Å². The third-order valence-electron chi connectivity index (χ3n) is 3.39. The summed E-state index contributed by atoms with van der Waals surface area (Å²) in [6.45, 7) is -0.470. The van der Waals surface area contributed by atoms with Crippen LogP contribution in [-0.2, 0) is 11.3 Å². The quantitative estimate of drug-likeness (QED) is 0.908. The summed E-state index contributed by atoms with van der Waals surface area (Å²) >= 11 is 0. The Kier molecular flexibility index (Phi) is 4.72. The highest BCUT2D eigenvalue weighted by Gasteiger charge is 2.32. The Morgan fingerprint density at radius 1 is 1.38 bits per heavy atom. The normalized spacial score (nSPS) is 19.7. The molecule has 4 nitrogen and oxygen atoms in total. The van der Waals surface area contributed by atoms with Crippen molar-refractivity contribution in [2.75, 3.05) is 13.2 Å². The first-order valence-electron chi connectivity index (χ1n) is 6.61. The van der Waals surface area contributed by atoms with Gasteiger partial charge in [0.15, 0.2) is 6.61 Å². The molecule has 2 rings (SSSR count). The van der Waals surface area contributed by atoms with Gasteiger partial charge in [0.2, 0.25) is 0 Å². The van der Waals surface area contributed by atoms with E-state index in [1.807, 2.05) is 0 Å². The van der Waals surface area contributed by atoms with Gasteiger partial charge < -0.3 is 9.84 Å². The van der Waals surface area contributed by atoms with Crippen molar-refractivity contribution in [3.8, 4) is 5.75 Å². The van der Waals surface area contributed by atoms with Gasteiger partial charge in [-0.3, -0.25) is 9.69 Å². The van der Waals surface area contributed by atoms with Gasteiger partial charge >= 0.3 is 12.1 Å². The summed E-state index contributed by atoms with van der Waals surface area (Å²) < 4.78 is 41.5. The average molecular weight is 303 g/mol. The molecule has 1 aliphatic heterocycles. The summed E-state index contributed by atoms with van der Waals surface area (Å²) in [7, 11) is 0. The molecule has 1 aromatic carbocycles. The Balaban J connectivity index is 2.07. The van der Waals surface area contributed by atoms with Crippen LogP contribution in [0, 0.1) is 0 Å². The number of rotatable bonds is 5. The zero-order valence-electron chi connectivity index (χ0n) is 11.3. The number of hydrogen-bond acceptors (Lipinski definition) is 3. The molecule has 0 spiro atoms. The van der Waals surface area contributed by atoms with Crippen LogP contribution in [0.2, 0.25) is 0 Å². The number of nitrogens with zero attached hydrogens (tertiary/aromatic N) is 1. The van der Waals surface area contributed by atoms with Crippen molar-refractivity contribution in [1.29, 1.82) is 0 Å². The second-order valence-corrected chi connectivity index (χ2v) is 4.98. The molecule has 1 fully saturated rings. The number of halogens is 3. The van der Waals surface area contributed by atoms with Crippen molar-refractivity contribution >= 4 is 5.97 Å². The lowest BCUT2D eigenvalue weighted by molar-refractivity contribution is -0.153. The van der Waals surface area contributed by atoms with Crippen molar-refractivity contribution in [3.63, 3.8) is 0 Å². The number of ether oxygens (including phenoxy) is 1. The SMILES string of the molecule is O=C(O)[C@H]1CCCN1Cc1ccccc1OCC(F)(F)F. The number of aliphatic carboxylic acids is 1. The highest BCUT2D eigenvalue weighted by Crippen LogP contribution is 2.26. The number of carbonyl (C=O) groups is 1. The first kappa shape index (κ1) is 15.6. The second-order valence-electron chi connectivity index (χ2n) is 4.98. The molecule has 0 unspecified atom stereocenters. The van der Waals surface area contributed by atoms with Crippen LogP contribution < -0.4 is 4.74 Å². The predicted molar refractivity (Wildman–Crippen MR) is 69.1 cm³/mol. The van der Waals surface area contributed by atoms with E-state index in [1.54, 1.807) is 23.1 Å². The third kappa shape index (κ3) is 4.35. The van der Waals surface area contributed by atoms with E-state index >= 15 is 0 Å². The van der Waals surface area contributed by atoms with E-state index in [2.05, 4.69) is 0 Å². The molecule has 21 heavy (non-hydrogen) atoms. The minimum absolute atomic E-state index is 0.144. The summed E-state index contributed by atoms with van der Waals surface area (Å²) in [5.74, 6) is -0.757. The predicted octanol–water partition coefficient (Wildman–Crippen LogP) is 2.68. The molecule has 1 aromatic rings. The summed E-state index contributed by atoms with van der Waals surface area (Å²) in [5.41, 5.74) is 0.565. The zero-order valence-corrected chi connectivity index (χ0v) is 11.3. The molecule has 0 aromatic heterocycles. The molecule has 1 atom stereocenters. The molecule has 0 radical (unpaired) electrons. The Morgan fingerprint density at radius 2 is 2.10 bits per heavy atom. The fraction of sp³-hybridized carbons (Fsp3) is 0.500. The maximum absolute atomic E-state index is 12.2. The monoisotopic (exact) mass is 303 g/mol. The van der Waals surface area contributed by atoms with E-state index in [9.17, 15) is 18.0 Å². The molecule has 1 aliphatic rings. The van der Waals surface area contributed by atoms with Gasteiger partial charge in [-0.15, -0.1) is 0 Å². The molecule has 1 saturated heterocycles. The van der Waals surface area contributed by atoms with Crippen molar-refractivity contribution in [2.24, 2.45) is 0 Å². The Morgan fingerprint density at radius 3 is 2.76 bits per heavy atom. The van der Waals surface area contributed by atoms with Crippen LogP contribution >= 0.6 is 0 Å². The molecule has 116 valence electrons. The molecule has 1 heterocycles. The number of alkyl halides is 3. The average Bonchev–Trinajstić information content (AvgIpc) is 2.85. The van der Waals surface area contributed by atoms with Crippen LogP contribution in [0.1, 0.15) is 18.4 Å². The molecule has 1 N–H and O–H groups in total. The van der Waals surface area contributed by atoms with E-state index in [4.69, 9.17) is 9.84 Å². The molecular formula is C14H16F3NO3. The lowest BCUT2D eigenvalue weighted by atomic mass is 10.1. The Labute approximate surface area is 120 Å². The van der Waals surface area contributed by atoms with Crippen LogP contribution in [0.25, 0.3) is 0 Å². The van der Waals surface area contributed by atoms with Crippen LogP contribution in [0.15, 0.2) is 24.3 Å². The molecular weight excluding hydrogens is 287 g/mol. The fourth-order valence-corrected chi connectivity index (χ4v) is 2.45. The summed E-state index contributed by atoms with van der Waals surface area (Å²) in [6.07, 6.45) is -3.08. The molecule has 0 bridgehead atoms. The van der Waals surface area contributed by atoms with Crippen molar-refractivity contribution in [1.82, 2.24) is 4.90 Å². The number of benzene rings is 1. The van der Waals surface area contributed by atoms with E-state index in [-0.39, 0.29) is 12.3 Å². The number of hydrogen-bond donors (Lipinski definition) is 1. The van der Waals surface area contributed by atoms with Crippen molar-refractivity contribution in [3.05, 3.63) is 29.8 Å². The fourth-order valence-electron chi connectivity index (χ4n) is 2.45. The van der Waals surface area contributed by atoms with Gasteiger partial charge in [0.25, 0.3) is 0 Å². The van der Waals surface area contributed by atoms with Gasteiger partial charge in [-0.2, -0.15) is 13.2 Å². The molecule has 7 heteroatoms. The van der Waals surface area contributed by atoms with Gasteiger partial charge in [-0.05, 0) is 25.5 Å². The first-order chi connectivity index (χ1) is 9.87. The minimum atomic E-state index is -4.40. The second kappa shape index (κ2) is 6.34. The zero-order chi connectivity index (χ0) is 15.5. The van der Waals surface area contributed by atoms with Gasteiger partial charge in [-0.25, -0.2) is 0 Å². The number of para-hydroxylation sites is 1. The largest absolute Gasteiger partial charge is 0.484 e. The first-order valence-corrected chi connectivity index (χ1v) is 6.61.